The van der Waals surface area contributed by atoms with Gasteiger partial charge in [0.1, 0.15) is 24.4 Å². The highest BCUT2D eigenvalue weighted by Crippen LogP contribution is 2.38. The van der Waals surface area contributed by atoms with E-state index >= 15 is 0 Å². The van der Waals surface area contributed by atoms with Crippen molar-refractivity contribution in [3.63, 3.8) is 0 Å². The first-order chi connectivity index (χ1) is 10.3. The van der Waals surface area contributed by atoms with Crippen LogP contribution in [0.25, 0.3) is 0 Å². The first kappa shape index (κ1) is 15.0. The predicted octanol–water partition coefficient (Wildman–Crippen LogP) is 1.90. The summed E-state index contributed by atoms with van der Waals surface area (Å²) in [6, 6.07) is 5.37. The van der Waals surface area contributed by atoms with E-state index in [1.807, 2.05) is 20.8 Å². The van der Waals surface area contributed by atoms with E-state index in [-0.39, 0.29) is 13.1 Å². The summed E-state index contributed by atoms with van der Waals surface area (Å²) in [7, 11) is 0. The van der Waals surface area contributed by atoms with E-state index in [2.05, 4.69) is 0 Å². The number of amides is 1. The van der Waals surface area contributed by atoms with Gasteiger partial charge in [0.15, 0.2) is 11.5 Å². The summed E-state index contributed by atoms with van der Waals surface area (Å²) in [6.45, 7) is 6.90. The smallest absolute Gasteiger partial charge is 0.410 e. The molecule has 6 heteroatoms. The largest absolute Gasteiger partial charge is 0.486 e. The summed E-state index contributed by atoms with van der Waals surface area (Å²) in [4.78, 5) is 13.4. The van der Waals surface area contributed by atoms with Crippen molar-refractivity contribution in [2.45, 2.75) is 32.0 Å². The molecule has 0 unspecified atom stereocenters. The Morgan fingerprint density at radius 3 is 2.50 bits per heavy atom. The highest BCUT2D eigenvalue weighted by molar-refractivity contribution is 5.70. The van der Waals surface area contributed by atoms with Crippen molar-refractivity contribution in [2.75, 3.05) is 26.3 Å². The van der Waals surface area contributed by atoms with E-state index in [4.69, 9.17) is 14.2 Å². The van der Waals surface area contributed by atoms with Crippen LogP contribution >= 0.6 is 0 Å². The Morgan fingerprint density at radius 1 is 1.23 bits per heavy atom. The van der Waals surface area contributed by atoms with Gasteiger partial charge in [0.05, 0.1) is 13.1 Å². The van der Waals surface area contributed by atoms with Gasteiger partial charge in [-0.15, -0.1) is 0 Å². The molecule has 1 fully saturated rings. The molecule has 0 atom stereocenters. The first-order valence-corrected chi connectivity index (χ1v) is 7.37. The molecule has 0 bridgehead atoms. The lowest BCUT2D eigenvalue weighted by atomic mass is 9.86. The quantitative estimate of drug-likeness (QED) is 0.858. The van der Waals surface area contributed by atoms with Gasteiger partial charge >= 0.3 is 6.09 Å². The maximum Gasteiger partial charge on any atom is 0.410 e. The van der Waals surface area contributed by atoms with Crippen LogP contribution in [-0.2, 0) is 10.3 Å². The van der Waals surface area contributed by atoms with Crippen molar-refractivity contribution >= 4 is 6.09 Å². The highest BCUT2D eigenvalue weighted by atomic mass is 16.6. The van der Waals surface area contributed by atoms with Crippen LogP contribution in [0.5, 0.6) is 11.5 Å². The molecule has 1 aromatic carbocycles. The lowest BCUT2D eigenvalue weighted by molar-refractivity contribution is -0.103. The van der Waals surface area contributed by atoms with Crippen LogP contribution in [0.4, 0.5) is 4.79 Å². The molecule has 1 amide bonds. The minimum Gasteiger partial charge on any atom is -0.486 e. The van der Waals surface area contributed by atoms with Crippen LogP contribution in [0.1, 0.15) is 26.3 Å². The van der Waals surface area contributed by atoms with Gasteiger partial charge < -0.3 is 24.2 Å². The molecule has 2 aliphatic heterocycles. The molecule has 2 aliphatic rings. The number of hydrogen-bond acceptors (Lipinski definition) is 5. The van der Waals surface area contributed by atoms with Crippen LogP contribution in [0, 0.1) is 0 Å². The Labute approximate surface area is 129 Å². The van der Waals surface area contributed by atoms with Crippen molar-refractivity contribution in [1.29, 1.82) is 0 Å². The third-order valence-electron chi connectivity index (χ3n) is 3.64. The topological polar surface area (TPSA) is 68.2 Å². The van der Waals surface area contributed by atoms with Crippen LogP contribution < -0.4 is 9.47 Å². The zero-order valence-electron chi connectivity index (χ0n) is 13.1. The van der Waals surface area contributed by atoms with Gasteiger partial charge in [-0.05, 0) is 38.5 Å². The minimum atomic E-state index is -1.06. The standard InChI is InChI=1S/C16H21NO5/c1-15(2,3)22-14(18)17-9-16(19,10-17)11-4-5-12-13(8-11)21-7-6-20-12/h4-5,8,19H,6-7,9-10H2,1-3H3. The van der Waals surface area contributed by atoms with E-state index in [1.165, 1.54) is 4.90 Å². The van der Waals surface area contributed by atoms with E-state index in [1.54, 1.807) is 18.2 Å². The van der Waals surface area contributed by atoms with Crippen LogP contribution in [0.2, 0.25) is 0 Å². The fourth-order valence-electron chi connectivity index (χ4n) is 2.56. The maximum atomic E-state index is 11.9. The summed E-state index contributed by atoms with van der Waals surface area (Å²) in [5, 5.41) is 10.7. The van der Waals surface area contributed by atoms with Crippen LogP contribution in [0.15, 0.2) is 18.2 Å². The zero-order chi connectivity index (χ0) is 16.0. The van der Waals surface area contributed by atoms with Crippen molar-refractivity contribution in [2.24, 2.45) is 0 Å². The van der Waals surface area contributed by atoms with Gasteiger partial charge in [-0.2, -0.15) is 0 Å². The first-order valence-electron chi connectivity index (χ1n) is 7.37. The Hall–Kier alpha value is -1.95. The molecular weight excluding hydrogens is 286 g/mol. The van der Waals surface area contributed by atoms with Crippen molar-refractivity contribution in [3.8, 4) is 11.5 Å². The second-order valence-electron chi connectivity index (χ2n) is 6.73. The van der Waals surface area contributed by atoms with Gasteiger partial charge in [0.2, 0.25) is 0 Å². The third-order valence-corrected chi connectivity index (χ3v) is 3.64. The predicted molar refractivity (Wildman–Crippen MR) is 79.1 cm³/mol. The molecule has 0 radical (unpaired) electrons. The molecule has 1 N–H and O–H groups in total. The molecule has 120 valence electrons. The number of fused-ring (bicyclic) bond motifs is 1. The number of nitrogens with zero attached hydrogens (tertiary/aromatic N) is 1. The summed E-state index contributed by atoms with van der Waals surface area (Å²) in [5.74, 6) is 1.31. The van der Waals surface area contributed by atoms with E-state index in [0.717, 1.165) is 5.56 Å². The lowest BCUT2D eigenvalue weighted by Crippen LogP contribution is -2.61. The Kier molecular flexibility index (Phi) is 3.44. The Balaban J connectivity index is 1.68. The fraction of sp³-hybridized carbons (Fsp3) is 0.562. The van der Waals surface area contributed by atoms with Gasteiger partial charge in [-0.3, -0.25) is 0 Å². The number of aliphatic hydroxyl groups is 1. The second-order valence-corrected chi connectivity index (χ2v) is 6.73. The molecule has 0 saturated carbocycles. The SMILES string of the molecule is CC(C)(C)OC(=O)N1CC(O)(c2ccc3c(c2)OCCO3)C1. The molecule has 0 aliphatic carbocycles. The zero-order valence-corrected chi connectivity index (χ0v) is 13.1. The molecule has 1 saturated heterocycles. The van der Waals surface area contributed by atoms with Gasteiger partial charge in [-0.1, -0.05) is 6.07 Å². The molecule has 2 heterocycles. The van der Waals surface area contributed by atoms with Crippen LogP contribution in [-0.4, -0.2) is 48.0 Å². The number of ether oxygens (including phenoxy) is 3. The number of carbonyl (C=O) groups is 1. The molecule has 0 spiro atoms. The monoisotopic (exact) mass is 307 g/mol. The summed E-state index contributed by atoms with van der Waals surface area (Å²) in [6.07, 6.45) is -0.408. The number of β-amino-alcohol motifs (C(OH)–C–C–N with tert-alkyl or cyclic N) is 1. The number of likely N-dealkylation sites (tertiary alicyclic amines) is 1. The normalized spacial score (nSPS) is 19.4. The molecule has 0 aromatic heterocycles. The number of hydrogen-bond donors (Lipinski definition) is 1. The van der Waals surface area contributed by atoms with Crippen molar-refractivity contribution in [3.05, 3.63) is 23.8 Å². The average Bonchev–Trinajstić information content (AvgIpc) is 2.41. The van der Waals surface area contributed by atoms with E-state index in [0.29, 0.717) is 24.7 Å². The van der Waals surface area contributed by atoms with Gasteiger partial charge in [0.25, 0.3) is 0 Å². The minimum absolute atomic E-state index is 0.210. The van der Waals surface area contributed by atoms with E-state index in [9.17, 15) is 9.90 Å². The average molecular weight is 307 g/mol. The molecule has 6 nitrogen and oxygen atoms in total. The number of rotatable bonds is 1. The molecule has 22 heavy (non-hydrogen) atoms. The summed E-state index contributed by atoms with van der Waals surface area (Å²) < 4.78 is 16.3. The molecule has 1 aromatic rings. The van der Waals surface area contributed by atoms with Crippen molar-refractivity contribution in [1.82, 2.24) is 4.90 Å². The summed E-state index contributed by atoms with van der Waals surface area (Å²) in [5.41, 5.74) is -0.884. The third kappa shape index (κ3) is 2.83. The van der Waals surface area contributed by atoms with Crippen LogP contribution in [0.3, 0.4) is 0 Å². The fourth-order valence-corrected chi connectivity index (χ4v) is 2.56. The number of carbonyl (C=O) groups excluding carboxylic acids is 1. The molecular formula is C16H21NO5. The second kappa shape index (κ2) is 5.05. The molecule has 3 rings (SSSR count). The lowest BCUT2D eigenvalue weighted by Gasteiger charge is -2.46. The van der Waals surface area contributed by atoms with Gasteiger partial charge in [-0.25, -0.2) is 4.79 Å². The van der Waals surface area contributed by atoms with Crippen molar-refractivity contribution < 1.29 is 24.1 Å². The Morgan fingerprint density at radius 2 is 1.86 bits per heavy atom. The Bertz CT molecular complexity index is 587. The highest BCUT2D eigenvalue weighted by Gasteiger charge is 2.46. The summed E-state index contributed by atoms with van der Waals surface area (Å²) >= 11 is 0. The van der Waals surface area contributed by atoms with Gasteiger partial charge in [0, 0.05) is 0 Å². The number of benzene rings is 1. The maximum absolute atomic E-state index is 11.9. The van der Waals surface area contributed by atoms with E-state index < -0.39 is 17.3 Å².